The van der Waals surface area contributed by atoms with E-state index in [1.807, 2.05) is 24.3 Å². The average Bonchev–Trinajstić information content (AvgIpc) is 2.82. The highest BCUT2D eigenvalue weighted by Crippen LogP contribution is 2.27. The van der Waals surface area contributed by atoms with E-state index in [0.29, 0.717) is 18.0 Å². The van der Waals surface area contributed by atoms with Gasteiger partial charge in [0.25, 0.3) is 15.9 Å². The fourth-order valence-electron chi connectivity index (χ4n) is 3.66. The molecule has 1 aliphatic heterocycles. The molecule has 0 bridgehead atoms. The number of hydrogen-bond donors (Lipinski definition) is 0. The summed E-state index contributed by atoms with van der Waals surface area (Å²) in [6, 6.07) is 22.9. The van der Waals surface area contributed by atoms with Crippen molar-refractivity contribution < 1.29 is 17.9 Å². The molecule has 0 radical (unpaired) electrons. The Morgan fingerprint density at radius 3 is 2.39 bits per heavy atom. The number of carbonyl (C=O) groups excluding carboxylic acids is 1. The average molecular weight is 437 g/mol. The molecule has 0 unspecified atom stereocenters. The van der Waals surface area contributed by atoms with Crippen LogP contribution in [0.4, 0.5) is 11.4 Å². The van der Waals surface area contributed by atoms with Gasteiger partial charge in [0.1, 0.15) is 5.75 Å². The van der Waals surface area contributed by atoms with Gasteiger partial charge in [-0.3, -0.25) is 9.10 Å². The fourth-order valence-corrected chi connectivity index (χ4v) is 4.87. The number of rotatable bonds is 6. The first kappa shape index (κ1) is 20.9. The van der Waals surface area contributed by atoms with Crippen LogP contribution in [0.25, 0.3) is 0 Å². The van der Waals surface area contributed by atoms with Crippen LogP contribution >= 0.6 is 0 Å². The van der Waals surface area contributed by atoms with Crippen molar-refractivity contribution in [1.29, 1.82) is 0 Å². The van der Waals surface area contributed by atoms with Crippen molar-refractivity contribution >= 4 is 27.3 Å². The van der Waals surface area contributed by atoms with Crippen LogP contribution in [0, 0.1) is 0 Å². The molecule has 0 saturated carbocycles. The van der Waals surface area contributed by atoms with Crippen LogP contribution < -0.4 is 13.9 Å². The molecule has 3 aromatic rings. The summed E-state index contributed by atoms with van der Waals surface area (Å²) < 4.78 is 32.4. The van der Waals surface area contributed by atoms with Crippen LogP contribution in [0.1, 0.15) is 12.0 Å². The Labute approximate surface area is 182 Å². The van der Waals surface area contributed by atoms with Gasteiger partial charge in [-0.15, -0.1) is 0 Å². The molecule has 0 spiro atoms. The molecule has 1 amide bonds. The van der Waals surface area contributed by atoms with Gasteiger partial charge in [-0.25, -0.2) is 8.42 Å². The lowest BCUT2D eigenvalue weighted by Crippen LogP contribution is -2.38. The van der Waals surface area contributed by atoms with E-state index in [0.717, 1.165) is 18.5 Å². The SMILES string of the molecule is CN(c1ccc(OCC(=O)N2CCCc3ccccc32)cc1)S(=O)(=O)c1ccccc1. The summed E-state index contributed by atoms with van der Waals surface area (Å²) in [7, 11) is -2.13. The topological polar surface area (TPSA) is 66.9 Å². The molecular weight excluding hydrogens is 412 g/mol. The van der Waals surface area contributed by atoms with Gasteiger partial charge in [0.05, 0.1) is 10.6 Å². The second kappa shape index (κ2) is 8.81. The number of ether oxygens (including phenoxy) is 1. The fraction of sp³-hybridized carbons (Fsp3) is 0.208. The Balaban J connectivity index is 1.41. The van der Waals surface area contributed by atoms with Crippen LogP contribution in [0.2, 0.25) is 0 Å². The summed E-state index contributed by atoms with van der Waals surface area (Å²) >= 11 is 0. The molecule has 0 aromatic heterocycles. The molecule has 0 N–H and O–H groups in total. The lowest BCUT2D eigenvalue weighted by atomic mass is 10.0. The molecule has 0 atom stereocenters. The highest BCUT2D eigenvalue weighted by atomic mass is 32.2. The predicted molar refractivity (Wildman–Crippen MR) is 121 cm³/mol. The van der Waals surface area contributed by atoms with Crippen LogP contribution in [-0.4, -0.2) is 34.5 Å². The monoisotopic (exact) mass is 436 g/mol. The number of para-hydroxylation sites is 1. The van der Waals surface area contributed by atoms with E-state index >= 15 is 0 Å². The van der Waals surface area contributed by atoms with Crippen molar-refractivity contribution in [2.45, 2.75) is 17.7 Å². The Morgan fingerprint density at radius 2 is 1.65 bits per heavy atom. The molecule has 0 aliphatic carbocycles. The Morgan fingerprint density at radius 1 is 0.968 bits per heavy atom. The van der Waals surface area contributed by atoms with Gasteiger partial charge >= 0.3 is 0 Å². The number of benzene rings is 3. The first-order chi connectivity index (χ1) is 15.0. The Hall–Kier alpha value is -3.32. The van der Waals surface area contributed by atoms with Crippen molar-refractivity contribution in [3.8, 4) is 5.75 Å². The molecule has 7 heteroatoms. The molecule has 0 fully saturated rings. The van der Waals surface area contributed by atoms with Gasteiger partial charge in [-0.2, -0.15) is 0 Å². The smallest absolute Gasteiger partial charge is 0.264 e. The highest BCUT2D eigenvalue weighted by Gasteiger charge is 2.23. The van der Waals surface area contributed by atoms with Crippen molar-refractivity contribution in [3.63, 3.8) is 0 Å². The number of sulfonamides is 1. The third-order valence-corrected chi connectivity index (χ3v) is 7.18. The molecule has 31 heavy (non-hydrogen) atoms. The standard InChI is InChI=1S/C24H24N2O4S/c1-25(31(28,29)22-10-3-2-4-11-22)20-13-15-21(16-14-20)30-18-24(27)26-17-7-9-19-8-5-6-12-23(19)26/h2-6,8,10-16H,7,9,17-18H2,1H3. The number of hydrogen-bond acceptors (Lipinski definition) is 4. The molecule has 4 rings (SSSR count). The van der Waals surface area contributed by atoms with E-state index in [9.17, 15) is 13.2 Å². The van der Waals surface area contributed by atoms with Crippen molar-refractivity contribution in [2.24, 2.45) is 0 Å². The number of aryl methyl sites for hydroxylation is 1. The third-order valence-electron chi connectivity index (χ3n) is 5.38. The minimum Gasteiger partial charge on any atom is -0.484 e. The Kier molecular flexibility index (Phi) is 5.95. The number of anilines is 2. The van der Waals surface area contributed by atoms with Crippen LogP contribution in [0.5, 0.6) is 5.75 Å². The molecule has 0 saturated heterocycles. The molecule has 3 aromatic carbocycles. The summed E-state index contributed by atoms with van der Waals surface area (Å²) in [6.45, 7) is 0.603. The zero-order valence-corrected chi connectivity index (χ0v) is 18.1. The minimum atomic E-state index is -3.64. The maximum atomic E-state index is 12.8. The zero-order valence-electron chi connectivity index (χ0n) is 17.3. The summed E-state index contributed by atoms with van der Waals surface area (Å²) in [6.07, 6.45) is 1.90. The number of amides is 1. The van der Waals surface area contributed by atoms with Gasteiger partial charge in [-0.05, 0) is 60.9 Å². The molecule has 6 nitrogen and oxygen atoms in total. The molecule has 1 aliphatic rings. The van der Waals surface area contributed by atoms with Gasteiger partial charge in [0.2, 0.25) is 0 Å². The van der Waals surface area contributed by atoms with Crippen LogP contribution in [0.3, 0.4) is 0 Å². The highest BCUT2D eigenvalue weighted by molar-refractivity contribution is 7.92. The normalized spacial score (nSPS) is 13.4. The van der Waals surface area contributed by atoms with Crippen LogP contribution in [-0.2, 0) is 21.2 Å². The summed E-state index contributed by atoms with van der Waals surface area (Å²) in [5.74, 6) is 0.410. The maximum Gasteiger partial charge on any atom is 0.264 e. The van der Waals surface area contributed by atoms with Gasteiger partial charge in [0.15, 0.2) is 6.61 Å². The lowest BCUT2D eigenvalue weighted by Gasteiger charge is -2.29. The Bertz CT molecular complexity index is 1160. The van der Waals surface area contributed by atoms with Crippen LogP contribution in [0.15, 0.2) is 83.8 Å². The lowest BCUT2D eigenvalue weighted by molar-refractivity contribution is -0.120. The second-order valence-electron chi connectivity index (χ2n) is 7.35. The number of fused-ring (bicyclic) bond motifs is 1. The van der Waals surface area contributed by atoms with E-state index in [1.165, 1.54) is 16.9 Å². The summed E-state index contributed by atoms with van der Waals surface area (Å²) in [5.41, 5.74) is 2.63. The van der Waals surface area contributed by atoms with Gasteiger partial charge in [-0.1, -0.05) is 36.4 Å². The molecular formula is C24H24N2O4S. The van der Waals surface area contributed by atoms with E-state index in [1.54, 1.807) is 59.5 Å². The first-order valence-electron chi connectivity index (χ1n) is 10.1. The quantitative estimate of drug-likeness (QED) is 0.588. The maximum absolute atomic E-state index is 12.8. The van der Waals surface area contributed by atoms with Crippen molar-refractivity contribution in [3.05, 3.63) is 84.4 Å². The summed E-state index contributed by atoms with van der Waals surface area (Å²) in [5, 5.41) is 0. The predicted octanol–water partition coefficient (Wildman–Crippen LogP) is 3.87. The van der Waals surface area contributed by atoms with Crippen molar-refractivity contribution in [1.82, 2.24) is 0 Å². The first-order valence-corrected chi connectivity index (χ1v) is 11.6. The zero-order chi connectivity index (χ0) is 21.8. The van der Waals surface area contributed by atoms with Gasteiger partial charge < -0.3 is 9.64 Å². The second-order valence-corrected chi connectivity index (χ2v) is 9.32. The van der Waals surface area contributed by atoms with E-state index in [4.69, 9.17) is 4.74 Å². The van der Waals surface area contributed by atoms with Gasteiger partial charge in [0, 0.05) is 19.3 Å². The third kappa shape index (κ3) is 4.41. The molecule has 160 valence electrons. The van der Waals surface area contributed by atoms with E-state index in [-0.39, 0.29) is 17.4 Å². The molecule has 1 heterocycles. The summed E-state index contributed by atoms with van der Waals surface area (Å²) in [4.78, 5) is 14.7. The van der Waals surface area contributed by atoms with E-state index in [2.05, 4.69) is 0 Å². The number of nitrogens with zero attached hydrogens (tertiary/aromatic N) is 2. The largest absolute Gasteiger partial charge is 0.484 e. The van der Waals surface area contributed by atoms with E-state index < -0.39 is 10.0 Å². The van der Waals surface area contributed by atoms with Crippen molar-refractivity contribution in [2.75, 3.05) is 29.4 Å². The minimum absolute atomic E-state index is 0.0775. The number of carbonyl (C=O) groups is 1.